The monoisotopic (exact) mass is 521 g/mol. The highest BCUT2D eigenvalue weighted by Crippen LogP contribution is 2.71. The number of nitrogens with one attached hydrogen (secondary N) is 2. The Morgan fingerprint density at radius 1 is 1.08 bits per heavy atom. The van der Waals surface area contributed by atoms with Gasteiger partial charge in [0.15, 0.2) is 0 Å². The number of hydrogen-bond acceptors (Lipinski definition) is 5. The fraction of sp³-hybridized carbons (Fsp3) is 0.483. The maximum Gasteiger partial charge on any atom is 0.248 e. The van der Waals surface area contributed by atoms with Crippen molar-refractivity contribution < 1.29 is 19.5 Å². The summed E-state index contributed by atoms with van der Waals surface area (Å²) < 4.78 is -1.15. The molecule has 0 saturated carbocycles. The third kappa shape index (κ3) is 3.96. The number of carbonyl (C=O) groups excluding carboxylic acids is 3. The summed E-state index contributed by atoms with van der Waals surface area (Å²) in [5, 5.41) is 16.5. The molecule has 2 aromatic carbocycles. The minimum absolute atomic E-state index is 0.158. The number of para-hydroxylation sites is 1. The Morgan fingerprint density at radius 3 is 2.38 bits per heavy atom. The molecule has 0 aromatic heterocycles. The smallest absolute Gasteiger partial charge is 0.248 e. The van der Waals surface area contributed by atoms with Crippen molar-refractivity contribution in [3.05, 3.63) is 65.2 Å². The summed E-state index contributed by atoms with van der Waals surface area (Å²) in [6.07, 6.45) is 1.84. The Hall–Kier alpha value is -2.84. The van der Waals surface area contributed by atoms with Gasteiger partial charge < -0.3 is 20.6 Å². The van der Waals surface area contributed by atoms with Gasteiger partial charge in [0.05, 0.1) is 29.2 Å². The van der Waals surface area contributed by atoms with E-state index in [2.05, 4.69) is 17.6 Å². The maximum absolute atomic E-state index is 14.3. The lowest BCUT2D eigenvalue weighted by Gasteiger charge is -2.37. The number of likely N-dealkylation sites (tertiary alicyclic amines) is 1. The molecule has 0 radical (unpaired) electrons. The normalized spacial score (nSPS) is 30.8. The lowest BCUT2D eigenvalue weighted by atomic mass is 9.66. The molecular weight excluding hydrogens is 486 g/mol. The van der Waals surface area contributed by atoms with Crippen molar-refractivity contribution in [2.45, 2.75) is 61.6 Å². The molecule has 3 amide bonds. The highest BCUT2D eigenvalue weighted by molar-refractivity contribution is 8.02. The molecule has 1 spiro atoms. The molecule has 3 fully saturated rings. The Labute approximate surface area is 222 Å². The fourth-order valence-electron chi connectivity index (χ4n) is 6.95. The molecule has 5 rings (SSSR count). The average Bonchev–Trinajstić information content (AvgIpc) is 3.45. The van der Waals surface area contributed by atoms with Crippen molar-refractivity contribution in [2.24, 2.45) is 11.8 Å². The number of fused-ring (bicyclic) bond motifs is 1. The van der Waals surface area contributed by atoms with E-state index in [4.69, 9.17) is 0 Å². The largest absolute Gasteiger partial charge is 0.394 e. The number of thioether (sulfide) groups is 1. The van der Waals surface area contributed by atoms with Crippen molar-refractivity contribution in [3.63, 3.8) is 0 Å². The second-order valence-corrected chi connectivity index (χ2v) is 12.8. The molecule has 3 aliphatic heterocycles. The van der Waals surface area contributed by atoms with Gasteiger partial charge >= 0.3 is 0 Å². The first-order chi connectivity index (χ1) is 17.7. The van der Waals surface area contributed by atoms with Crippen molar-refractivity contribution in [3.8, 4) is 0 Å². The number of aryl methyl sites for hydroxylation is 2. The predicted molar refractivity (Wildman–Crippen MR) is 145 cm³/mol. The van der Waals surface area contributed by atoms with E-state index in [-0.39, 0.29) is 24.3 Å². The summed E-state index contributed by atoms with van der Waals surface area (Å²) in [6, 6.07) is 14.2. The first-order valence-electron chi connectivity index (χ1n) is 12.9. The van der Waals surface area contributed by atoms with E-state index in [1.165, 1.54) is 0 Å². The summed E-state index contributed by atoms with van der Waals surface area (Å²) >= 11 is 1.63. The van der Waals surface area contributed by atoms with Gasteiger partial charge in [-0.25, -0.2) is 0 Å². The molecule has 3 saturated heterocycles. The van der Waals surface area contributed by atoms with E-state index in [0.29, 0.717) is 12.8 Å². The quantitative estimate of drug-likeness (QED) is 0.520. The van der Waals surface area contributed by atoms with Crippen LogP contribution in [0, 0.1) is 25.7 Å². The van der Waals surface area contributed by atoms with Gasteiger partial charge in [-0.1, -0.05) is 48.5 Å². The molecule has 0 aliphatic carbocycles. The minimum Gasteiger partial charge on any atom is -0.394 e. The van der Waals surface area contributed by atoms with Gasteiger partial charge in [-0.15, -0.1) is 11.8 Å². The summed E-state index contributed by atoms with van der Waals surface area (Å²) in [5.74, 6) is -1.76. The van der Waals surface area contributed by atoms with Gasteiger partial charge in [0, 0.05) is 17.5 Å². The molecule has 3 heterocycles. The number of anilines is 1. The standard InChI is InChI=1S/C29H35N3O4S/c1-17-9-8-10-18(2)23(17)31-26(35)24-29-14-13-28(3,37-29)21(25(34)30-4)22(29)27(36)32(24)20(16-33)15-19-11-6-5-7-12-19/h5-12,20-22,24,33H,13-16H2,1-4H3,(H,30,34)(H,31,35)/t20-,21-,22+,24?,28+,29?/m1/s1. The number of aliphatic hydroxyl groups is 1. The molecule has 6 atom stereocenters. The zero-order chi connectivity index (χ0) is 26.5. The number of aliphatic hydroxyl groups excluding tert-OH is 1. The molecule has 2 aromatic rings. The van der Waals surface area contributed by atoms with Gasteiger partial charge in [-0.05, 0) is 56.7 Å². The number of carbonyl (C=O) groups is 3. The van der Waals surface area contributed by atoms with Gasteiger partial charge in [-0.2, -0.15) is 0 Å². The lowest BCUT2D eigenvalue weighted by molar-refractivity contribution is -0.142. The van der Waals surface area contributed by atoms with E-state index in [1.807, 2.05) is 62.4 Å². The van der Waals surface area contributed by atoms with Crippen LogP contribution in [-0.2, 0) is 20.8 Å². The number of amides is 3. The topological polar surface area (TPSA) is 98.7 Å². The first-order valence-corrected chi connectivity index (χ1v) is 13.7. The van der Waals surface area contributed by atoms with Crippen LogP contribution in [0.2, 0.25) is 0 Å². The molecule has 3 aliphatic rings. The van der Waals surface area contributed by atoms with Crippen LogP contribution >= 0.6 is 11.8 Å². The summed E-state index contributed by atoms with van der Waals surface area (Å²) in [5.41, 5.74) is 3.61. The number of rotatable bonds is 7. The van der Waals surface area contributed by atoms with Crippen LogP contribution in [0.3, 0.4) is 0 Å². The highest BCUT2D eigenvalue weighted by Gasteiger charge is 2.77. The van der Waals surface area contributed by atoms with Crippen LogP contribution in [0.15, 0.2) is 48.5 Å². The molecule has 196 valence electrons. The number of benzene rings is 2. The van der Waals surface area contributed by atoms with Crippen LogP contribution in [-0.4, -0.2) is 63.0 Å². The van der Waals surface area contributed by atoms with Crippen LogP contribution in [0.4, 0.5) is 5.69 Å². The summed E-state index contributed by atoms with van der Waals surface area (Å²) in [6.45, 7) is 5.68. The second-order valence-electron chi connectivity index (χ2n) is 10.9. The molecular formula is C29H35N3O4S. The third-order valence-corrected chi connectivity index (χ3v) is 10.6. The van der Waals surface area contributed by atoms with Crippen LogP contribution in [0.1, 0.15) is 36.5 Å². The van der Waals surface area contributed by atoms with Gasteiger partial charge in [0.25, 0.3) is 0 Å². The fourth-order valence-corrected chi connectivity index (χ4v) is 9.30. The lowest BCUT2D eigenvalue weighted by Crippen LogP contribution is -2.55. The summed E-state index contributed by atoms with van der Waals surface area (Å²) in [7, 11) is 1.60. The van der Waals surface area contributed by atoms with Crippen LogP contribution < -0.4 is 10.6 Å². The number of hydrogen-bond donors (Lipinski definition) is 3. The molecule has 2 bridgehead atoms. The highest BCUT2D eigenvalue weighted by atomic mass is 32.2. The van der Waals surface area contributed by atoms with E-state index >= 15 is 0 Å². The molecule has 7 nitrogen and oxygen atoms in total. The second kappa shape index (κ2) is 9.48. The maximum atomic E-state index is 14.3. The zero-order valence-corrected chi connectivity index (χ0v) is 22.6. The molecule has 2 unspecified atom stereocenters. The SMILES string of the molecule is CNC(=O)[C@H]1[C@H]2C(=O)N([C@@H](CO)Cc3ccccc3)C(C(=O)Nc3c(C)cccc3C)C23CC[C@]1(C)S3. The number of nitrogens with zero attached hydrogens (tertiary/aromatic N) is 1. The van der Waals surface area contributed by atoms with Crippen molar-refractivity contribution >= 4 is 35.2 Å². The van der Waals surface area contributed by atoms with Crippen LogP contribution in [0.5, 0.6) is 0 Å². The van der Waals surface area contributed by atoms with Crippen molar-refractivity contribution in [1.29, 1.82) is 0 Å². The van der Waals surface area contributed by atoms with E-state index in [0.717, 1.165) is 28.8 Å². The van der Waals surface area contributed by atoms with Gasteiger partial charge in [0.2, 0.25) is 17.7 Å². The first kappa shape index (κ1) is 25.8. The minimum atomic E-state index is -0.800. The van der Waals surface area contributed by atoms with Crippen molar-refractivity contribution in [1.82, 2.24) is 10.2 Å². The van der Waals surface area contributed by atoms with Gasteiger partial charge in [-0.3, -0.25) is 14.4 Å². The van der Waals surface area contributed by atoms with E-state index in [9.17, 15) is 19.5 Å². The van der Waals surface area contributed by atoms with Crippen LogP contribution in [0.25, 0.3) is 0 Å². The molecule has 37 heavy (non-hydrogen) atoms. The van der Waals surface area contributed by atoms with Gasteiger partial charge in [0.1, 0.15) is 6.04 Å². The van der Waals surface area contributed by atoms with E-state index in [1.54, 1.807) is 23.7 Å². The summed E-state index contributed by atoms with van der Waals surface area (Å²) in [4.78, 5) is 43.3. The third-order valence-electron chi connectivity index (χ3n) is 8.64. The molecule has 3 N–H and O–H groups in total. The zero-order valence-electron chi connectivity index (χ0n) is 21.8. The Balaban J connectivity index is 1.59. The Bertz CT molecular complexity index is 1220. The van der Waals surface area contributed by atoms with E-state index < -0.39 is 33.4 Å². The predicted octanol–water partition coefficient (Wildman–Crippen LogP) is 3.07. The Kier molecular flexibility index (Phi) is 6.61. The Morgan fingerprint density at radius 2 is 1.76 bits per heavy atom. The van der Waals surface area contributed by atoms with Crippen molar-refractivity contribution in [2.75, 3.05) is 19.0 Å². The molecule has 8 heteroatoms. The average molecular weight is 522 g/mol.